The minimum atomic E-state index is -0.450. The van der Waals surface area contributed by atoms with Crippen LogP contribution in [0.1, 0.15) is 19.8 Å². The first kappa shape index (κ1) is 26.7. The molecule has 0 bridgehead atoms. The van der Waals surface area contributed by atoms with Gasteiger partial charge in [0.25, 0.3) is 5.56 Å². The molecule has 0 fully saturated rings. The van der Waals surface area contributed by atoms with Gasteiger partial charge in [0.1, 0.15) is 17.2 Å². The molecule has 0 radical (unpaired) electrons. The van der Waals surface area contributed by atoms with Crippen molar-refractivity contribution in [1.29, 1.82) is 0 Å². The minimum Gasteiger partial charge on any atom is -0.497 e. The van der Waals surface area contributed by atoms with Gasteiger partial charge in [-0.1, -0.05) is 48.7 Å². The molecule has 0 saturated carbocycles. The highest BCUT2D eigenvalue weighted by Gasteiger charge is 2.19. The maximum Gasteiger partial charge on any atom is 0.323 e. The van der Waals surface area contributed by atoms with Gasteiger partial charge in [-0.25, -0.2) is 4.79 Å². The van der Waals surface area contributed by atoms with Crippen LogP contribution >= 0.6 is 17.2 Å². The SMILES string of the molecule is CCCCn1ccc(-c2ccc(OC)cc2OC)c(NC(=O)Nc2c(PC)cccc2PC)c1=O. The first-order valence-electron chi connectivity index (χ1n) is 11.5. The standard InChI is InChI=1S/C26H33N3O4P2/c1-6-7-14-29-15-13-19(18-12-11-17(32-2)16-20(18)33-3)23(25(29)30)27-26(31)28-24-21(34-4)9-8-10-22(24)35-5/h8-13,15-16,34-35H,6-7,14H2,1-5H3,(H2,27,28,31). The number of carbonyl (C=O) groups excluding carboxylic acids is 1. The molecule has 1 heterocycles. The van der Waals surface area contributed by atoms with E-state index < -0.39 is 6.03 Å². The van der Waals surface area contributed by atoms with E-state index in [0.717, 1.165) is 29.1 Å². The number of nitrogens with zero attached hydrogens (tertiary/aromatic N) is 1. The molecule has 0 aliphatic rings. The highest BCUT2D eigenvalue weighted by molar-refractivity contribution is 7.49. The van der Waals surface area contributed by atoms with Crippen LogP contribution in [-0.2, 0) is 6.54 Å². The first-order chi connectivity index (χ1) is 17.0. The zero-order valence-corrected chi connectivity index (χ0v) is 22.8. The monoisotopic (exact) mass is 513 g/mol. The number of urea groups is 1. The third kappa shape index (κ3) is 6.22. The van der Waals surface area contributed by atoms with Gasteiger partial charge in [0.2, 0.25) is 0 Å². The largest absolute Gasteiger partial charge is 0.497 e. The number of hydrogen-bond acceptors (Lipinski definition) is 4. The third-order valence-electron chi connectivity index (χ3n) is 5.70. The molecule has 0 aliphatic heterocycles. The van der Waals surface area contributed by atoms with Crippen molar-refractivity contribution in [3.05, 3.63) is 59.0 Å². The Hall–Kier alpha value is -2.88. The van der Waals surface area contributed by atoms with Gasteiger partial charge < -0.3 is 24.7 Å². The fourth-order valence-corrected chi connectivity index (χ4v) is 5.35. The molecule has 0 aliphatic carbocycles. The number of amides is 2. The van der Waals surface area contributed by atoms with Crippen molar-refractivity contribution < 1.29 is 14.3 Å². The number of hydrogen-bond donors (Lipinski definition) is 2. The number of anilines is 2. The molecule has 2 amide bonds. The summed E-state index contributed by atoms with van der Waals surface area (Å²) in [6.07, 6.45) is 3.59. The zero-order valence-electron chi connectivity index (χ0n) is 20.8. The van der Waals surface area contributed by atoms with Crippen LogP contribution in [0.5, 0.6) is 11.5 Å². The van der Waals surface area contributed by atoms with Gasteiger partial charge in [-0.2, -0.15) is 0 Å². The van der Waals surface area contributed by atoms with Crippen molar-refractivity contribution in [1.82, 2.24) is 4.57 Å². The molecule has 3 rings (SSSR count). The third-order valence-corrected chi connectivity index (χ3v) is 7.61. The average Bonchev–Trinajstić information content (AvgIpc) is 2.88. The molecule has 1 aromatic heterocycles. The Balaban J connectivity index is 2.06. The van der Waals surface area contributed by atoms with Crippen LogP contribution in [0.15, 0.2) is 53.5 Å². The van der Waals surface area contributed by atoms with E-state index in [-0.39, 0.29) is 11.2 Å². The molecule has 186 valence electrons. The number of rotatable bonds is 10. The average molecular weight is 514 g/mol. The maximum atomic E-state index is 13.5. The van der Waals surface area contributed by atoms with E-state index in [1.165, 1.54) is 0 Å². The minimum absolute atomic E-state index is 0.210. The van der Waals surface area contributed by atoms with E-state index in [2.05, 4.69) is 30.9 Å². The quantitative estimate of drug-likeness (QED) is 0.380. The van der Waals surface area contributed by atoms with Crippen LogP contribution in [0.4, 0.5) is 16.2 Å². The van der Waals surface area contributed by atoms with Crippen molar-refractivity contribution in [2.75, 3.05) is 38.2 Å². The summed E-state index contributed by atoms with van der Waals surface area (Å²) in [5.41, 5.74) is 2.04. The van der Waals surface area contributed by atoms with Crippen LogP contribution < -0.4 is 36.3 Å². The molecule has 2 aromatic carbocycles. The molecule has 2 unspecified atom stereocenters. The van der Waals surface area contributed by atoms with Gasteiger partial charge in [0.05, 0.1) is 19.9 Å². The Morgan fingerprint density at radius 3 is 2.23 bits per heavy atom. The van der Waals surface area contributed by atoms with Crippen LogP contribution in [0.3, 0.4) is 0 Å². The van der Waals surface area contributed by atoms with Gasteiger partial charge >= 0.3 is 6.03 Å². The normalized spacial score (nSPS) is 11.3. The molecular weight excluding hydrogens is 480 g/mol. The summed E-state index contributed by atoms with van der Waals surface area (Å²) in [5, 5.41) is 8.03. The molecule has 0 saturated heterocycles. The fourth-order valence-electron chi connectivity index (χ4n) is 3.81. The van der Waals surface area contributed by atoms with Crippen molar-refractivity contribution >= 4 is 45.2 Å². The molecule has 7 nitrogen and oxygen atoms in total. The first-order valence-corrected chi connectivity index (χ1v) is 14.5. The highest BCUT2D eigenvalue weighted by atomic mass is 31.1. The number of aromatic nitrogens is 1. The van der Waals surface area contributed by atoms with Crippen LogP contribution in [0.2, 0.25) is 0 Å². The summed E-state index contributed by atoms with van der Waals surface area (Å²) in [4.78, 5) is 26.7. The number of benzene rings is 2. The Morgan fingerprint density at radius 1 is 0.943 bits per heavy atom. The van der Waals surface area contributed by atoms with E-state index in [9.17, 15) is 9.59 Å². The molecule has 2 N–H and O–H groups in total. The summed E-state index contributed by atoms with van der Waals surface area (Å²) in [5.74, 6) is 1.18. The maximum absolute atomic E-state index is 13.5. The van der Waals surface area contributed by atoms with Gasteiger partial charge in [0.15, 0.2) is 0 Å². The van der Waals surface area contributed by atoms with E-state index in [1.807, 2.05) is 30.3 Å². The van der Waals surface area contributed by atoms with E-state index in [1.54, 1.807) is 37.1 Å². The van der Waals surface area contributed by atoms with Crippen molar-refractivity contribution in [3.8, 4) is 22.6 Å². The number of carbonyl (C=O) groups is 1. The Kier molecular flexibility index (Phi) is 9.71. The summed E-state index contributed by atoms with van der Waals surface area (Å²) in [6, 6.07) is 12.8. The number of aryl methyl sites for hydroxylation is 1. The zero-order chi connectivity index (χ0) is 25.4. The van der Waals surface area contributed by atoms with E-state index in [0.29, 0.717) is 46.3 Å². The van der Waals surface area contributed by atoms with E-state index >= 15 is 0 Å². The topological polar surface area (TPSA) is 81.6 Å². The lowest BCUT2D eigenvalue weighted by atomic mass is 10.0. The number of ether oxygens (including phenoxy) is 2. The number of para-hydroxylation sites is 1. The van der Waals surface area contributed by atoms with Crippen molar-refractivity contribution in [2.24, 2.45) is 0 Å². The van der Waals surface area contributed by atoms with Crippen LogP contribution in [0, 0.1) is 0 Å². The van der Waals surface area contributed by atoms with Crippen molar-refractivity contribution in [2.45, 2.75) is 26.3 Å². The molecule has 3 aromatic rings. The lowest BCUT2D eigenvalue weighted by Gasteiger charge is -2.18. The molecule has 35 heavy (non-hydrogen) atoms. The molecule has 2 atom stereocenters. The predicted octanol–water partition coefficient (Wildman–Crippen LogP) is 4.84. The van der Waals surface area contributed by atoms with Gasteiger partial charge in [-0.05, 0) is 48.6 Å². The lowest BCUT2D eigenvalue weighted by Crippen LogP contribution is -2.31. The fraction of sp³-hybridized carbons (Fsp3) is 0.308. The second-order valence-corrected chi connectivity index (χ2v) is 9.91. The predicted molar refractivity (Wildman–Crippen MR) is 151 cm³/mol. The summed E-state index contributed by atoms with van der Waals surface area (Å²) >= 11 is 0. The van der Waals surface area contributed by atoms with Crippen LogP contribution in [-0.4, -0.2) is 38.1 Å². The second kappa shape index (κ2) is 12.7. The van der Waals surface area contributed by atoms with Crippen molar-refractivity contribution in [3.63, 3.8) is 0 Å². The Morgan fingerprint density at radius 2 is 1.63 bits per heavy atom. The highest BCUT2D eigenvalue weighted by Crippen LogP contribution is 2.36. The van der Waals surface area contributed by atoms with Gasteiger partial charge in [0, 0.05) is 29.9 Å². The Labute approximate surface area is 210 Å². The summed E-state index contributed by atoms with van der Waals surface area (Å²) in [6.45, 7) is 6.82. The smallest absolute Gasteiger partial charge is 0.323 e. The number of unbranched alkanes of at least 4 members (excludes halogenated alkanes) is 1. The summed E-state index contributed by atoms with van der Waals surface area (Å²) < 4.78 is 12.5. The van der Waals surface area contributed by atoms with E-state index in [4.69, 9.17) is 9.47 Å². The second-order valence-electron chi connectivity index (χ2n) is 7.83. The number of methoxy groups -OCH3 is 2. The molecule has 9 heteroatoms. The molecule has 0 spiro atoms. The number of nitrogens with one attached hydrogen (secondary N) is 2. The number of pyridine rings is 1. The molecular formula is C26H33N3O4P2. The van der Waals surface area contributed by atoms with Crippen LogP contribution in [0.25, 0.3) is 11.1 Å². The lowest BCUT2D eigenvalue weighted by molar-refractivity contribution is 0.262. The Bertz CT molecular complexity index is 1220. The summed E-state index contributed by atoms with van der Waals surface area (Å²) in [7, 11) is 4.21. The van der Waals surface area contributed by atoms with Gasteiger partial charge in [-0.3, -0.25) is 4.79 Å². The van der Waals surface area contributed by atoms with Gasteiger partial charge in [-0.15, -0.1) is 0 Å².